The van der Waals surface area contributed by atoms with Crippen LogP contribution in [-0.2, 0) is 0 Å². The molecule has 0 atom stereocenters. The van der Waals surface area contributed by atoms with Gasteiger partial charge in [0.1, 0.15) is 11.4 Å². The van der Waals surface area contributed by atoms with Crippen LogP contribution in [0.5, 0.6) is 5.88 Å². The van der Waals surface area contributed by atoms with E-state index in [1.807, 2.05) is 0 Å². The molecular weight excluding hydrogens is 476 g/mol. The second-order valence-electron chi connectivity index (χ2n) is 11.9. The first kappa shape index (κ1) is 28.7. The summed E-state index contributed by atoms with van der Waals surface area (Å²) in [7, 11) is 0. The first-order chi connectivity index (χ1) is 18.7. The van der Waals surface area contributed by atoms with Crippen molar-refractivity contribution >= 4 is 0 Å². The highest BCUT2D eigenvalue weighted by atomic mass is 16.5. The highest BCUT2D eigenvalue weighted by Crippen LogP contribution is 2.39. The highest BCUT2D eigenvalue weighted by Gasteiger charge is 2.34. The van der Waals surface area contributed by atoms with E-state index >= 15 is 0 Å². The fourth-order valence-electron chi connectivity index (χ4n) is 5.55. The molecule has 0 aliphatic rings. The predicted octanol–water partition coefficient (Wildman–Crippen LogP) is 9.70. The van der Waals surface area contributed by atoms with E-state index in [2.05, 4.69) is 145 Å². The number of hydrogen-bond acceptors (Lipinski definition) is 1. The Hall–Kier alpha value is -3.33. The zero-order valence-electron chi connectivity index (χ0n) is 25.5. The van der Waals surface area contributed by atoms with Gasteiger partial charge in [0.05, 0.1) is 6.61 Å². The van der Waals surface area contributed by atoms with E-state index in [0.29, 0.717) is 30.3 Å². The number of rotatable bonds is 10. The third kappa shape index (κ3) is 5.69. The first-order valence-corrected chi connectivity index (χ1v) is 14.8. The normalized spacial score (nSPS) is 11.8. The average molecular weight is 524 g/mol. The molecule has 4 aromatic rings. The van der Waals surface area contributed by atoms with Crippen LogP contribution >= 0.6 is 0 Å². The van der Waals surface area contributed by atoms with Crippen LogP contribution in [-0.4, -0.2) is 11.2 Å². The first-order valence-electron chi connectivity index (χ1n) is 14.8. The van der Waals surface area contributed by atoms with Gasteiger partial charge in [0, 0.05) is 27.8 Å². The monoisotopic (exact) mass is 523 g/mol. The fraction of sp³-hybridized carbons (Fsp3) is 0.417. The number of imidazole rings is 1. The number of hydrogen-bond donors (Lipinski definition) is 0. The lowest BCUT2D eigenvalue weighted by Gasteiger charge is -2.17. The third-order valence-electron chi connectivity index (χ3n) is 7.55. The lowest BCUT2D eigenvalue weighted by atomic mass is 9.92. The minimum atomic E-state index is 0.378. The van der Waals surface area contributed by atoms with E-state index in [-0.39, 0.29) is 0 Å². The lowest BCUT2D eigenvalue weighted by Crippen LogP contribution is -2.34. The van der Waals surface area contributed by atoms with Gasteiger partial charge in [-0.3, -0.25) is 0 Å². The Balaban J connectivity index is 2.22. The molecule has 0 N–H and O–H groups in total. The Morgan fingerprint density at radius 2 is 1.13 bits per heavy atom. The molecule has 0 radical (unpaired) electrons. The van der Waals surface area contributed by atoms with E-state index in [4.69, 9.17) is 4.74 Å². The molecule has 0 spiro atoms. The Bertz CT molecular complexity index is 1340. The largest absolute Gasteiger partial charge is 0.459 e. The molecule has 0 amide bonds. The lowest BCUT2D eigenvalue weighted by molar-refractivity contribution is -0.603. The van der Waals surface area contributed by atoms with Crippen molar-refractivity contribution in [1.82, 2.24) is 4.57 Å². The smallest absolute Gasteiger partial charge is 0.338 e. The van der Waals surface area contributed by atoms with Crippen LogP contribution in [0.15, 0.2) is 73.1 Å². The zero-order chi connectivity index (χ0) is 28.3. The van der Waals surface area contributed by atoms with Crippen LogP contribution in [0.25, 0.3) is 22.6 Å². The number of ether oxygens (including phenoxy) is 1. The van der Waals surface area contributed by atoms with Crippen molar-refractivity contribution in [2.24, 2.45) is 0 Å². The van der Waals surface area contributed by atoms with Gasteiger partial charge in [0.25, 0.3) is 6.33 Å². The van der Waals surface area contributed by atoms with Crippen LogP contribution in [0.3, 0.4) is 0 Å². The van der Waals surface area contributed by atoms with Crippen LogP contribution in [0.2, 0.25) is 0 Å². The van der Waals surface area contributed by atoms with Crippen molar-refractivity contribution in [3.63, 3.8) is 0 Å². The maximum Gasteiger partial charge on any atom is 0.338 e. The van der Waals surface area contributed by atoms with Crippen LogP contribution < -0.4 is 9.30 Å². The summed E-state index contributed by atoms with van der Waals surface area (Å²) in [6, 6.07) is 24.3. The molecule has 0 saturated carbocycles. The average Bonchev–Trinajstić information content (AvgIpc) is 3.29. The van der Waals surface area contributed by atoms with Gasteiger partial charge < -0.3 is 4.74 Å². The molecule has 0 unspecified atom stereocenters. The zero-order valence-corrected chi connectivity index (χ0v) is 25.5. The second-order valence-corrected chi connectivity index (χ2v) is 11.9. The van der Waals surface area contributed by atoms with Gasteiger partial charge in [-0.05, 0) is 30.1 Å². The van der Waals surface area contributed by atoms with Gasteiger partial charge in [-0.25, -0.2) is 0 Å². The van der Waals surface area contributed by atoms with E-state index in [0.717, 1.165) is 23.6 Å². The summed E-state index contributed by atoms with van der Waals surface area (Å²) < 4.78 is 11.5. The maximum atomic E-state index is 6.74. The molecule has 0 fully saturated rings. The van der Waals surface area contributed by atoms with Gasteiger partial charge in [-0.2, -0.15) is 9.13 Å². The van der Waals surface area contributed by atoms with Crippen molar-refractivity contribution in [3.05, 3.63) is 95.3 Å². The van der Waals surface area contributed by atoms with Gasteiger partial charge in [0.2, 0.25) is 5.69 Å². The van der Waals surface area contributed by atoms with E-state index in [9.17, 15) is 0 Å². The summed E-state index contributed by atoms with van der Waals surface area (Å²) in [6.45, 7) is 21.2. The van der Waals surface area contributed by atoms with Crippen LogP contribution in [0.4, 0.5) is 0 Å². The molecule has 4 rings (SSSR count). The minimum absolute atomic E-state index is 0.378. The highest BCUT2D eigenvalue weighted by molar-refractivity contribution is 5.69. The van der Waals surface area contributed by atoms with Crippen molar-refractivity contribution < 1.29 is 9.30 Å². The molecule has 0 bridgehead atoms. The Morgan fingerprint density at radius 1 is 0.641 bits per heavy atom. The molecule has 3 nitrogen and oxygen atoms in total. The van der Waals surface area contributed by atoms with Gasteiger partial charge in [0.15, 0.2) is 0 Å². The molecule has 0 aliphatic heterocycles. The third-order valence-corrected chi connectivity index (χ3v) is 7.55. The Kier molecular flexibility index (Phi) is 9.00. The number of para-hydroxylation sites is 2. The summed E-state index contributed by atoms with van der Waals surface area (Å²) in [5.41, 5.74) is 10.2. The van der Waals surface area contributed by atoms with E-state index < -0.39 is 0 Å². The fourth-order valence-corrected chi connectivity index (χ4v) is 5.55. The van der Waals surface area contributed by atoms with Crippen LogP contribution in [0, 0.1) is 0 Å². The van der Waals surface area contributed by atoms with E-state index in [1.54, 1.807) is 0 Å². The van der Waals surface area contributed by atoms with Crippen molar-refractivity contribution in [2.75, 3.05) is 6.61 Å². The van der Waals surface area contributed by atoms with Gasteiger partial charge in [-0.1, -0.05) is 129 Å². The maximum absolute atomic E-state index is 6.74. The number of nitrogens with zero attached hydrogens (tertiary/aromatic N) is 2. The van der Waals surface area contributed by atoms with Gasteiger partial charge >= 0.3 is 5.88 Å². The molecule has 1 heterocycles. The molecule has 39 heavy (non-hydrogen) atoms. The Labute approximate surface area is 236 Å². The molecule has 0 saturated heterocycles. The molecule has 3 heteroatoms. The number of benzene rings is 3. The molecule has 3 aromatic carbocycles. The summed E-state index contributed by atoms with van der Waals surface area (Å²) in [5, 5.41) is 0. The van der Waals surface area contributed by atoms with Crippen molar-refractivity contribution in [3.8, 4) is 28.5 Å². The molecule has 1 aromatic heterocycles. The second kappa shape index (κ2) is 12.2. The molecular formula is C36H47N2O+. The summed E-state index contributed by atoms with van der Waals surface area (Å²) >= 11 is 0. The van der Waals surface area contributed by atoms with Gasteiger partial charge in [-0.15, -0.1) is 0 Å². The summed E-state index contributed by atoms with van der Waals surface area (Å²) in [5.74, 6) is 2.43. The summed E-state index contributed by atoms with van der Waals surface area (Å²) in [4.78, 5) is 0. The standard InChI is InChI=1S/C36H47N2O/c1-10-22-39-36-33(28-16-12-11-13-17-28)37(34-29(24(2)3)18-14-19-30(34)25(4)5)23-38(36)35-31(26(6)7)20-15-21-32(35)27(8)9/h11-21,23-27H,10,22H2,1-9H3/q+1. The SMILES string of the molecule is CCCOc1c(-c2ccccc2)n(-c2c(C(C)C)cccc2C(C)C)c[n+]1-c1c(C(C)C)cccc1C(C)C. The topological polar surface area (TPSA) is 18.0 Å². The van der Waals surface area contributed by atoms with Crippen molar-refractivity contribution in [2.45, 2.75) is 92.4 Å². The number of aromatic nitrogens is 2. The minimum Gasteiger partial charge on any atom is -0.459 e. The summed E-state index contributed by atoms with van der Waals surface area (Å²) in [6.07, 6.45) is 3.25. The quantitative estimate of drug-likeness (QED) is 0.189. The predicted molar refractivity (Wildman–Crippen MR) is 165 cm³/mol. The Morgan fingerprint density at radius 3 is 1.59 bits per heavy atom. The van der Waals surface area contributed by atoms with E-state index in [1.165, 1.54) is 33.6 Å². The molecule has 206 valence electrons. The van der Waals surface area contributed by atoms with Crippen molar-refractivity contribution in [1.29, 1.82) is 0 Å². The molecule has 0 aliphatic carbocycles. The van der Waals surface area contributed by atoms with Crippen LogP contribution in [0.1, 0.15) is 115 Å².